The van der Waals surface area contributed by atoms with Crippen molar-refractivity contribution in [1.29, 1.82) is 0 Å². The van der Waals surface area contributed by atoms with Gasteiger partial charge in [-0.3, -0.25) is 4.90 Å². The predicted octanol–water partition coefficient (Wildman–Crippen LogP) is 2.27. The Bertz CT molecular complexity index is 1090. The van der Waals surface area contributed by atoms with Crippen LogP contribution in [0.3, 0.4) is 0 Å². The van der Waals surface area contributed by atoms with Crippen LogP contribution in [0.25, 0.3) is 10.6 Å². The third kappa shape index (κ3) is 2.82. The Kier molecular flexibility index (Phi) is 3.80. The summed E-state index contributed by atoms with van der Waals surface area (Å²) in [7, 11) is 0. The summed E-state index contributed by atoms with van der Waals surface area (Å²) in [6.07, 6.45) is 5.75. The van der Waals surface area contributed by atoms with Gasteiger partial charge in [0.2, 0.25) is 5.82 Å². The van der Waals surface area contributed by atoms with Crippen molar-refractivity contribution >= 4 is 33.6 Å². The van der Waals surface area contributed by atoms with Crippen LogP contribution in [0.15, 0.2) is 42.2 Å². The molecule has 0 bridgehead atoms. The number of rotatable bonds is 4. The zero-order valence-electron chi connectivity index (χ0n) is 14.4. The van der Waals surface area contributed by atoms with Gasteiger partial charge in [-0.1, -0.05) is 17.4 Å². The number of nitro groups is 1. The van der Waals surface area contributed by atoms with Crippen LogP contribution in [0.4, 0.5) is 11.6 Å². The lowest BCUT2D eigenvalue weighted by Crippen LogP contribution is -2.46. The molecule has 0 aromatic carbocycles. The minimum absolute atomic E-state index is 0.0556. The zero-order valence-corrected chi connectivity index (χ0v) is 15.2. The predicted molar refractivity (Wildman–Crippen MR) is 102 cm³/mol. The SMILES string of the molecule is O=[N+]([O-])c1c(N2CCN(Cc3cn4ccccc4n3)CC2)nc2sccn12. The highest BCUT2D eigenvalue weighted by Gasteiger charge is 2.30. The van der Waals surface area contributed by atoms with Gasteiger partial charge in [0.15, 0.2) is 0 Å². The van der Waals surface area contributed by atoms with Crippen molar-refractivity contribution in [3.8, 4) is 0 Å². The van der Waals surface area contributed by atoms with Crippen LogP contribution in [0.5, 0.6) is 0 Å². The lowest BCUT2D eigenvalue weighted by atomic mass is 10.3. The molecule has 5 heterocycles. The van der Waals surface area contributed by atoms with Crippen molar-refractivity contribution in [3.05, 3.63) is 58.0 Å². The normalized spacial score (nSPS) is 15.8. The molecule has 9 nitrogen and oxygen atoms in total. The van der Waals surface area contributed by atoms with Gasteiger partial charge in [-0.15, -0.1) is 0 Å². The Balaban J connectivity index is 1.31. The standard InChI is InChI=1S/C17H17N7O2S/c25-24(26)16-15(19-17-23(16)9-10-27-17)21-7-5-20(6-8-21)11-13-12-22-4-2-1-3-14(22)18-13/h1-4,9-10,12H,5-8,11H2. The van der Waals surface area contributed by atoms with Gasteiger partial charge >= 0.3 is 5.82 Å². The quantitative estimate of drug-likeness (QED) is 0.397. The molecule has 0 N–H and O–H groups in total. The highest BCUT2D eigenvalue weighted by Crippen LogP contribution is 2.31. The number of anilines is 1. The van der Waals surface area contributed by atoms with Crippen LogP contribution < -0.4 is 4.90 Å². The van der Waals surface area contributed by atoms with E-state index in [0.29, 0.717) is 23.9 Å². The Morgan fingerprint density at radius 1 is 1.15 bits per heavy atom. The molecule has 1 aliphatic heterocycles. The molecule has 4 aromatic heterocycles. The number of piperazine rings is 1. The fourth-order valence-electron chi connectivity index (χ4n) is 3.55. The van der Waals surface area contributed by atoms with Gasteiger partial charge < -0.3 is 19.4 Å². The zero-order chi connectivity index (χ0) is 18.4. The summed E-state index contributed by atoms with van der Waals surface area (Å²) in [6, 6.07) is 5.96. The second-order valence-corrected chi connectivity index (χ2v) is 7.41. The molecule has 4 aromatic rings. The van der Waals surface area contributed by atoms with E-state index in [1.807, 2.05) is 39.1 Å². The number of hydrogen-bond acceptors (Lipinski definition) is 7. The van der Waals surface area contributed by atoms with E-state index in [0.717, 1.165) is 31.0 Å². The number of thiazole rings is 1. The third-order valence-electron chi connectivity index (χ3n) is 4.86. The van der Waals surface area contributed by atoms with Crippen LogP contribution in [-0.2, 0) is 6.54 Å². The number of fused-ring (bicyclic) bond motifs is 2. The second kappa shape index (κ2) is 6.32. The highest BCUT2D eigenvalue weighted by atomic mass is 32.1. The van der Waals surface area contributed by atoms with Gasteiger partial charge in [-0.05, 0) is 17.1 Å². The molecule has 5 rings (SSSR count). The summed E-state index contributed by atoms with van der Waals surface area (Å²) in [5.74, 6) is 0.527. The van der Waals surface area contributed by atoms with Crippen LogP contribution in [0, 0.1) is 10.1 Å². The Morgan fingerprint density at radius 2 is 2.00 bits per heavy atom. The average molecular weight is 383 g/mol. The van der Waals surface area contributed by atoms with Crippen molar-refractivity contribution in [2.45, 2.75) is 6.54 Å². The smallest absolute Gasteiger partial charge is 0.358 e. The molecule has 1 saturated heterocycles. The van der Waals surface area contributed by atoms with Gasteiger partial charge in [0.25, 0.3) is 4.96 Å². The van der Waals surface area contributed by atoms with E-state index < -0.39 is 0 Å². The first-order chi connectivity index (χ1) is 13.2. The Morgan fingerprint density at radius 3 is 2.78 bits per heavy atom. The van der Waals surface area contributed by atoms with Crippen LogP contribution in [0.1, 0.15) is 5.69 Å². The van der Waals surface area contributed by atoms with E-state index in [9.17, 15) is 10.1 Å². The number of aromatic nitrogens is 4. The Hall–Kier alpha value is -2.98. The van der Waals surface area contributed by atoms with Crippen LogP contribution in [0.2, 0.25) is 0 Å². The molecule has 138 valence electrons. The molecular formula is C17H17N7O2S. The number of nitrogens with zero attached hydrogens (tertiary/aromatic N) is 7. The first-order valence-electron chi connectivity index (χ1n) is 8.69. The molecule has 0 aliphatic carbocycles. The second-order valence-electron chi connectivity index (χ2n) is 6.53. The summed E-state index contributed by atoms with van der Waals surface area (Å²) in [6.45, 7) is 3.82. The molecule has 27 heavy (non-hydrogen) atoms. The number of pyridine rings is 1. The first kappa shape index (κ1) is 16.2. The average Bonchev–Trinajstić information content (AvgIpc) is 3.35. The van der Waals surface area contributed by atoms with Crippen molar-refractivity contribution < 1.29 is 4.92 Å². The van der Waals surface area contributed by atoms with Crippen molar-refractivity contribution in [1.82, 2.24) is 23.7 Å². The molecule has 0 amide bonds. The third-order valence-corrected chi connectivity index (χ3v) is 5.62. The summed E-state index contributed by atoms with van der Waals surface area (Å²) >= 11 is 1.41. The maximum absolute atomic E-state index is 11.5. The van der Waals surface area contributed by atoms with Gasteiger partial charge in [0.05, 0.1) is 5.69 Å². The topological polar surface area (TPSA) is 84.2 Å². The minimum Gasteiger partial charge on any atom is -0.358 e. The highest BCUT2D eigenvalue weighted by molar-refractivity contribution is 7.15. The molecule has 10 heteroatoms. The maximum atomic E-state index is 11.5. The fourth-order valence-corrected chi connectivity index (χ4v) is 4.26. The van der Waals surface area contributed by atoms with Crippen LogP contribution in [-0.4, -0.2) is 54.8 Å². The molecule has 0 atom stereocenters. The lowest BCUT2D eigenvalue weighted by Gasteiger charge is -2.34. The van der Waals surface area contributed by atoms with E-state index in [1.165, 1.54) is 11.3 Å². The molecule has 1 fully saturated rings. The summed E-state index contributed by atoms with van der Waals surface area (Å²) in [5, 5.41) is 13.3. The van der Waals surface area contributed by atoms with Gasteiger partial charge in [0, 0.05) is 50.5 Å². The van der Waals surface area contributed by atoms with E-state index in [4.69, 9.17) is 0 Å². The maximum Gasteiger partial charge on any atom is 0.373 e. The van der Waals surface area contributed by atoms with Crippen LogP contribution >= 0.6 is 11.3 Å². The van der Waals surface area contributed by atoms with Gasteiger partial charge in [-0.2, -0.15) is 9.38 Å². The fraction of sp³-hybridized carbons (Fsp3) is 0.294. The first-order valence-corrected chi connectivity index (χ1v) is 9.57. The molecule has 0 unspecified atom stereocenters. The molecule has 0 radical (unpaired) electrons. The van der Waals surface area contributed by atoms with Crippen molar-refractivity contribution in [3.63, 3.8) is 0 Å². The molecule has 0 spiro atoms. The van der Waals surface area contributed by atoms with Crippen molar-refractivity contribution in [2.24, 2.45) is 0 Å². The lowest BCUT2D eigenvalue weighted by molar-refractivity contribution is -0.389. The molecular weight excluding hydrogens is 366 g/mol. The van der Waals surface area contributed by atoms with Gasteiger partial charge in [0.1, 0.15) is 11.8 Å². The van der Waals surface area contributed by atoms with E-state index >= 15 is 0 Å². The molecule has 1 aliphatic rings. The van der Waals surface area contributed by atoms with Crippen molar-refractivity contribution in [2.75, 3.05) is 31.1 Å². The number of imidazole rings is 2. The monoisotopic (exact) mass is 383 g/mol. The van der Waals surface area contributed by atoms with E-state index in [1.54, 1.807) is 10.6 Å². The van der Waals surface area contributed by atoms with E-state index in [-0.39, 0.29) is 10.7 Å². The largest absolute Gasteiger partial charge is 0.373 e. The number of hydrogen-bond donors (Lipinski definition) is 0. The van der Waals surface area contributed by atoms with E-state index in [2.05, 4.69) is 21.1 Å². The summed E-state index contributed by atoms with van der Waals surface area (Å²) in [5.41, 5.74) is 1.97. The summed E-state index contributed by atoms with van der Waals surface area (Å²) in [4.78, 5) is 25.3. The van der Waals surface area contributed by atoms with Gasteiger partial charge in [-0.25, -0.2) is 4.98 Å². The Labute approximate surface area is 158 Å². The minimum atomic E-state index is -0.342. The summed E-state index contributed by atoms with van der Waals surface area (Å²) < 4.78 is 3.58. The molecule has 0 saturated carbocycles.